The highest BCUT2D eigenvalue weighted by molar-refractivity contribution is 5.45. The summed E-state index contributed by atoms with van der Waals surface area (Å²) in [4.78, 5) is 24.7. The molecule has 1 aliphatic rings. The van der Waals surface area contributed by atoms with E-state index in [1.807, 2.05) is 13.0 Å². The second-order valence-electron chi connectivity index (χ2n) is 5.15. The summed E-state index contributed by atoms with van der Waals surface area (Å²) in [5.74, 6) is 0.775. The van der Waals surface area contributed by atoms with Crippen LogP contribution in [0.3, 0.4) is 0 Å². The van der Waals surface area contributed by atoms with Crippen LogP contribution in [0.15, 0.2) is 29.3 Å². The number of nitrogens with zero attached hydrogens (tertiary/aromatic N) is 6. The topological polar surface area (TPSA) is 67.2 Å². The Labute approximate surface area is 122 Å². The Bertz CT molecular complexity index is 690. The maximum Gasteiger partial charge on any atom is 0.268 e. The van der Waals surface area contributed by atoms with Crippen molar-refractivity contribution in [3.63, 3.8) is 0 Å². The van der Waals surface area contributed by atoms with E-state index in [0.717, 1.165) is 43.5 Å². The van der Waals surface area contributed by atoms with Crippen LogP contribution in [-0.2, 0) is 7.05 Å². The lowest BCUT2D eigenvalue weighted by Crippen LogP contribution is -2.47. The van der Waals surface area contributed by atoms with Gasteiger partial charge in [-0.2, -0.15) is 5.10 Å². The number of anilines is 2. The Hall–Kier alpha value is -2.44. The average molecular weight is 286 g/mol. The van der Waals surface area contributed by atoms with Crippen molar-refractivity contribution >= 4 is 11.6 Å². The number of aryl methyl sites for hydroxylation is 2. The third-order valence-corrected chi connectivity index (χ3v) is 3.66. The van der Waals surface area contributed by atoms with Crippen LogP contribution in [0.5, 0.6) is 0 Å². The van der Waals surface area contributed by atoms with E-state index in [-0.39, 0.29) is 5.56 Å². The van der Waals surface area contributed by atoms with Gasteiger partial charge in [0.25, 0.3) is 5.56 Å². The summed E-state index contributed by atoms with van der Waals surface area (Å²) >= 11 is 0. The maximum absolute atomic E-state index is 11.6. The monoisotopic (exact) mass is 286 g/mol. The van der Waals surface area contributed by atoms with Crippen LogP contribution in [-0.4, -0.2) is 45.9 Å². The van der Waals surface area contributed by atoms with Crippen LogP contribution in [0, 0.1) is 6.92 Å². The van der Waals surface area contributed by atoms with E-state index in [4.69, 9.17) is 0 Å². The van der Waals surface area contributed by atoms with E-state index < -0.39 is 0 Å². The van der Waals surface area contributed by atoms with Gasteiger partial charge in [0.05, 0.1) is 11.9 Å². The lowest BCUT2D eigenvalue weighted by Gasteiger charge is -2.35. The van der Waals surface area contributed by atoms with Crippen LogP contribution in [0.25, 0.3) is 0 Å². The molecule has 0 aromatic carbocycles. The Morgan fingerprint density at radius 1 is 1.14 bits per heavy atom. The first-order valence-electron chi connectivity index (χ1n) is 6.96. The molecule has 0 spiro atoms. The highest BCUT2D eigenvalue weighted by atomic mass is 16.1. The van der Waals surface area contributed by atoms with E-state index in [9.17, 15) is 4.79 Å². The fraction of sp³-hybridized carbons (Fsp3) is 0.429. The van der Waals surface area contributed by atoms with Gasteiger partial charge in [0.2, 0.25) is 5.95 Å². The standard InChI is InChI=1S/C14H18N6O/c1-11-3-4-15-14(17-11)20-7-5-19(6-8-20)12-9-13(21)18(2)16-10-12/h3-4,9-10H,5-8H2,1-2H3. The molecule has 0 amide bonds. The maximum atomic E-state index is 11.6. The Balaban J connectivity index is 1.70. The van der Waals surface area contributed by atoms with E-state index >= 15 is 0 Å². The van der Waals surface area contributed by atoms with Crippen molar-refractivity contribution in [2.45, 2.75) is 6.92 Å². The lowest BCUT2D eigenvalue weighted by molar-refractivity contribution is 0.631. The molecule has 0 atom stereocenters. The summed E-state index contributed by atoms with van der Waals surface area (Å²) in [6, 6.07) is 3.52. The molecule has 2 aromatic rings. The van der Waals surface area contributed by atoms with Crippen LogP contribution >= 0.6 is 0 Å². The fourth-order valence-electron chi connectivity index (χ4n) is 2.39. The molecule has 0 radical (unpaired) electrons. The fourth-order valence-corrected chi connectivity index (χ4v) is 2.39. The first-order valence-corrected chi connectivity index (χ1v) is 6.96. The molecular formula is C14H18N6O. The first kappa shape index (κ1) is 13.5. The molecule has 0 N–H and O–H groups in total. The van der Waals surface area contributed by atoms with E-state index in [1.54, 1.807) is 25.5 Å². The van der Waals surface area contributed by atoms with Gasteiger partial charge in [-0.1, -0.05) is 0 Å². The summed E-state index contributed by atoms with van der Waals surface area (Å²) in [5.41, 5.74) is 1.76. The van der Waals surface area contributed by atoms with Crippen LogP contribution in [0.1, 0.15) is 5.69 Å². The Morgan fingerprint density at radius 2 is 1.86 bits per heavy atom. The zero-order valence-corrected chi connectivity index (χ0v) is 12.2. The molecule has 3 heterocycles. The second-order valence-corrected chi connectivity index (χ2v) is 5.15. The molecule has 7 nitrogen and oxygen atoms in total. The normalized spacial score (nSPS) is 15.3. The molecule has 0 aliphatic carbocycles. The van der Waals surface area contributed by atoms with Crippen LogP contribution in [0.4, 0.5) is 11.6 Å². The molecular weight excluding hydrogens is 268 g/mol. The van der Waals surface area contributed by atoms with Gasteiger partial charge in [0.1, 0.15) is 0 Å². The van der Waals surface area contributed by atoms with E-state index in [0.29, 0.717) is 0 Å². The molecule has 1 saturated heterocycles. The quantitative estimate of drug-likeness (QED) is 0.786. The van der Waals surface area contributed by atoms with Crippen LogP contribution in [0.2, 0.25) is 0 Å². The van der Waals surface area contributed by atoms with Crippen molar-refractivity contribution in [3.8, 4) is 0 Å². The van der Waals surface area contributed by atoms with Gasteiger partial charge in [-0.25, -0.2) is 14.6 Å². The minimum absolute atomic E-state index is 0.0862. The van der Waals surface area contributed by atoms with Gasteiger partial charge < -0.3 is 9.80 Å². The number of rotatable bonds is 2. The smallest absolute Gasteiger partial charge is 0.268 e. The van der Waals surface area contributed by atoms with Crippen LogP contribution < -0.4 is 15.4 Å². The largest absolute Gasteiger partial charge is 0.367 e. The summed E-state index contributed by atoms with van der Waals surface area (Å²) in [7, 11) is 1.65. The number of hydrogen-bond donors (Lipinski definition) is 0. The molecule has 1 aliphatic heterocycles. The van der Waals surface area contributed by atoms with Gasteiger partial charge in [-0.3, -0.25) is 4.79 Å². The lowest BCUT2D eigenvalue weighted by atomic mass is 10.3. The molecule has 1 fully saturated rings. The van der Waals surface area contributed by atoms with Crippen molar-refractivity contribution < 1.29 is 0 Å². The zero-order valence-electron chi connectivity index (χ0n) is 12.2. The highest BCUT2D eigenvalue weighted by Gasteiger charge is 2.19. The van der Waals surface area contributed by atoms with Gasteiger partial charge in [-0.15, -0.1) is 0 Å². The zero-order chi connectivity index (χ0) is 14.8. The summed E-state index contributed by atoms with van der Waals surface area (Å²) in [6.07, 6.45) is 3.52. The SMILES string of the molecule is Cc1ccnc(N2CCN(c3cnn(C)c(=O)c3)CC2)n1. The van der Waals surface area contributed by atoms with Crippen molar-refractivity contribution in [2.24, 2.45) is 7.05 Å². The number of piperazine rings is 1. The summed E-state index contributed by atoms with van der Waals surface area (Å²) < 4.78 is 1.33. The Kier molecular flexibility index (Phi) is 3.55. The third kappa shape index (κ3) is 2.86. The molecule has 21 heavy (non-hydrogen) atoms. The summed E-state index contributed by atoms with van der Waals surface area (Å²) in [5, 5.41) is 4.07. The summed E-state index contributed by atoms with van der Waals surface area (Å²) in [6.45, 7) is 5.28. The van der Waals surface area contributed by atoms with Crippen molar-refractivity contribution in [2.75, 3.05) is 36.0 Å². The van der Waals surface area contributed by atoms with Gasteiger partial charge in [-0.05, 0) is 13.0 Å². The minimum atomic E-state index is -0.0862. The molecule has 7 heteroatoms. The predicted octanol–water partition coefficient (Wildman–Crippen LogP) is 0.205. The van der Waals surface area contributed by atoms with E-state index in [2.05, 4.69) is 24.9 Å². The second kappa shape index (κ2) is 5.51. The Morgan fingerprint density at radius 3 is 2.52 bits per heavy atom. The van der Waals surface area contributed by atoms with Gasteiger partial charge in [0.15, 0.2) is 0 Å². The number of aromatic nitrogens is 4. The van der Waals surface area contributed by atoms with Crippen molar-refractivity contribution in [1.82, 2.24) is 19.7 Å². The molecule has 2 aromatic heterocycles. The van der Waals surface area contributed by atoms with E-state index in [1.165, 1.54) is 4.68 Å². The number of hydrogen-bond acceptors (Lipinski definition) is 6. The molecule has 0 saturated carbocycles. The minimum Gasteiger partial charge on any atom is -0.367 e. The third-order valence-electron chi connectivity index (χ3n) is 3.66. The first-order chi connectivity index (χ1) is 10.1. The van der Waals surface area contributed by atoms with Gasteiger partial charge >= 0.3 is 0 Å². The molecule has 110 valence electrons. The van der Waals surface area contributed by atoms with Crippen molar-refractivity contribution in [3.05, 3.63) is 40.6 Å². The highest BCUT2D eigenvalue weighted by Crippen LogP contribution is 2.16. The predicted molar refractivity (Wildman–Crippen MR) is 80.7 cm³/mol. The molecule has 0 unspecified atom stereocenters. The molecule has 3 rings (SSSR count). The van der Waals surface area contributed by atoms with Crippen molar-refractivity contribution in [1.29, 1.82) is 0 Å². The van der Waals surface area contributed by atoms with Gasteiger partial charge in [0, 0.05) is 51.2 Å². The molecule has 0 bridgehead atoms. The average Bonchev–Trinajstić information content (AvgIpc) is 2.50.